The monoisotopic (exact) mass is 511 g/mol. The molecule has 4 rings (SSSR count). The molecule has 2 aliphatic heterocycles. The highest BCUT2D eigenvalue weighted by Crippen LogP contribution is 2.41. The number of oxime groups is 1. The van der Waals surface area contributed by atoms with Crippen molar-refractivity contribution in [1.82, 2.24) is 35.4 Å². The van der Waals surface area contributed by atoms with Crippen LogP contribution in [0.15, 0.2) is 27.0 Å². The van der Waals surface area contributed by atoms with Crippen molar-refractivity contribution in [3.8, 4) is 0 Å². The predicted octanol–water partition coefficient (Wildman–Crippen LogP) is -0.870. The third-order valence-corrected chi connectivity index (χ3v) is 7.77. The largest absolute Gasteiger partial charge is 0.477 e. The number of hydrogen-bond donors (Lipinski definition) is 3. The van der Waals surface area contributed by atoms with Gasteiger partial charge in [0, 0.05) is 23.9 Å². The van der Waals surface area contributed by atoms with Crippen LogP contribution in [0.25, 0.3) is 0 Å². The van der Waals surface area contributed by atoms with Gasteiger partial charge in [0.1, 0.15) is 29.9 Å². The molecule has 1 saturated heterocycles. The molecule has 0 saturated carbocycles. The van der Waals surface area contributed by atoms with Crippen LogP contribution in [-0.4, -0.2) is 88.7 Å². The number of aromatic nitrogens is 5. The van der Waals surface area contributed by atoms with Gasteiger partial charge in [-0.25, -0.2) is 14.5 Å². The van der Waals surface area contributed by atoms with Crippen LogP contribution in [0.1, 0.15) is 5.69 Å². The van der Waals surface area contributed by atoms with Crippen LogP contribution in [0.4, 0.5) is 5.13 Å². The number of nitrogen functional groups attached to an aromatic ring is 1. The number of thiazole rings is 1. The van der Waals surface area contributed by atoms with Gasteiger partial charge in [-0.05, 0) is 16.0 Å². The SMILES string of the molecule is CO/N=C(/C(=O)N[C@H]1C(=O)N2C(C(=O)O)=C(CSc3nnnn3C)CS[C@@H]12)c1csc(N)n1. The van der Waals surface area contributed by atoms with E-state index in [9.17, 15) is 19.5 Å². The normalized spacial score (nSPS) is 20.4. The molecule has 4 heterocycles. The first-order chi connectivity index (χ1) is 15.8. The molecule has 174 valence electrons. The standard InChI is InChI=1S/C16H17N9O5S3/c1-24-16(20-22-23-24)33-4-6-3-31-13-9(12(27)25(13)10(6)14(28)29)19-11(26)8(21-30-2)7-5-32-15(17)18-7/h5,9,13H,3-4H2,1-2H3,(H2,17,18)(H,19,26)(H,28,29)/b21-8+/t9-,13-/m0/s1. The Morgan fingerprint density at radius 3 is 2.88 bits per heavy atom. The van der Waals surface area contributed by atoms with Gasteiger partial charge in [0.05, 0.1) is 0 Å². The zero-order valence-corrected chi connectivity index (χ0v) is 19.6. The Labute approximate surface area is 198 Å². The number of amides is 2. The highest BCUT2D eigenvalue weighted by Gasteiger charge is 2.54. The number of tetrazole rings is 1. The number of nitrogens with zero attached hydrogens (tertiary/aromatic N) is 7. The van der Waals surface area contributed by atoms with Crippen molar-refractivity contribution in [2.24, 2.45) is 12.2 Å². The summed E-state index contributed by atoms with van der Waals surface area (Å²) in [5, 5.41) is 29.0. The number of carboxylic acids is 1. The molecule has 14 nitrogen and oxygen atoms in total. The van der Waals surface area contributed by atoms with Crippen molar-refractivity contribution in [2.75, 3.05) is 24.3 Å². The Bertz CT molecular complexity index is 1180. The van der Waals surface area contributed by atoms with Crippen LogP contribution in [0.3, 0.4) is 0 Å². The number of carboxylic acid groups (broad SMARTS) is 1. The summed E-state index contributed by atoms with van der Waals surface area (Å²) < 4.78 is 1.47. The van der Waals surface area contributed by atoms with Crippen LogP contribution < -0.4 is 11.1 Å². The Kier molecular flexibility index (Phi) is 6.52. The fourth-order valence-corrected chi connectivity index (χ4v) is 6.07. The zero-order valence-electron chi connectivity index (χ0n) is 17.2. The van der Waals surface area contributed by atoms with E-state index in [2.05, 4.69) is 31.0 Å². The third kappa shape index (κ3) is 4.38. The molecule has 4 N–H and O–H groups in total. The van der Waals surface area contributed by atoms with Crippen LogP contribution in [-0.2, 0) is 26.3 Å². The quantitative estimate of drug-likeness (QED) is 0.172. The average Bonchev–Trinajstić information content (AvgIpc) is 3.40. The number of fused-ring (bicyclic) bond motifs is 1. The maximum absolute atomic E-state index is 12.9. The van der Waals surface area contributed by atoms with Crippen molar-refractivity contribution in [3.63, 3.8) is 0 Å². The molecule has 1 fully saturated rings. The first-order valence-electron chi connectivity index (χ1n) is 9.20. The minimum atomic E-state index is -1.22. The smallest absolute Gasteiger partial charge is 0.352 e. The summed E-state index contributed by atoms with van der Waals surface area (Å²) in [6.07, 6.45) is 0. The molecule has 0 unspecified atom stereocenters. The summed E-state index contributed by atoms with van der Waals surface area (Å²) in [4.78, 5) is 47.6. The first kappa shape index (κ1) is 23.0. The van der Waals surface area contributed by atoms with Crippen LogP contribution in [0.5, 0.6) is 0 Å². The number of rotatable bonds is 8. The number of thioether (sulfide) groups is 2. The van der Waals surface area contributed by atoms with E-state index < -0.39 is 29.2 Å². The number of anilines is 1. The maximum Gasteiger partial charge on any atom is 0.352 e. The summed E-state index contributed by atoms with van der Waals surface area (Å²) in [6.45, 7) is 0. The Hall–Kier alpha value is -3.18. The van der Waals surface area contributed by atoms with Gasteiger partial charge in [0.2, 0.25) is 5.16 Å². The fraction of sp³-hybridized carbons (Fsp3) is 0.375. The Morgan fingerprint density at radius 1 is 1.48 bits per heavy atom. The number of nitrogens with one attached hydrogen (secondary N) is 1. The molecule has 2 aliphatic rings. The van der Waals surface area contributed by atoms with Gasteiger partial charge in [-0.1, -0.05) is 16.9 Å². The highest BCUT2D eigenvalue weighted by molar-refractivity contribution is 8.01. The second-order valence-electron chi connectivity index (χ2n) is 6.69. The fourth-order valence-electron chi connectivity index (χ4n) is 3.19. The first-order valence-corrected chi connectivity index (χ1v) is 12.1. The Balaban J connectivity index is 1.49. The van der Waals surface area contributed by atoms with Crippen LogP contribution in [0, 0.1) is 0 Å². The van der Waals surface area contributed by atoms with E-state index in [1.165, 1.54) is 40.2 Å². The number of carbonyl (C=O) groups excluding carboxylic acids is 2. The van der Waals surface area contributed by atoms with E-state index in [0.29, 0.717) is 22.2 Å². The lowest BCUT2D eigenvalue weighted by molar-refractivity contribution is -0.150. The molecule has 0 aromatic carbocycles. The van der Waals surface area contributed by atoms with Gasteiger partial charge in [-0.3, -0.25) is 14.5 Å². The van der Waals surface area contributed by atoms with Crippen molar-refractivity contribution in [3.05, 3.63) is 22.3 Å². The summed E-state index contributed by atoms with van der Waals surface area (Å²) in [6, 6.07) is -0.924. The van der Waals surface area contributed by atoms with Crippen molar-refractivity contribution >= 4 is 63.5 Å². The van der Waals surface area contributed by atoms with Crippen molar-refractivity contribution < 1.29 is 24.3 Å². The molecule has 2 atom stereocenters. The van der Waals surface area contributed by atoms with E-state index in [1.54, 1.807) is 12.4 Å². The molecule has 0 bridgehead atoms. The molecule has 2 aromatic rings. The van der Waals surface area contributed by atoms with E-state index in [0.717, 1.165) is 11.3 Å². The van der Waals surface area contributed by atoms with Crippen molar-refractivity contribution in [1.29, 1.82) is 0 Å². The maximum atomic E-state index is 12.9. The number of nitrogens with two attached hydrogens (primary N) is 1. The minimum Gasteiger partial charge on any atom is -0.477 e. The topological polar surface area (TPSA) is 191 Å². The van der Waals surface area contributed by atoms with Gasteiger partial charge in [0.25, 0.3) is 11.8 Å². The molecular weight excluding hydrogens is 494 g/mol. The zero-order chi connectivity index (χ0) is 23.7. The minimum absolute atomic E-state index is 0.0880. The molecule has 2 amide bonds. The lowest BCUT2D eigenvalue weighted by Crippen LogP contribution is -2.71. The highest BCUT2D eigenvalue weighted by atomic mass is 32.2. The van der Waals surface area contributed by atoms with Gasteiger partial charge >= 0.3 is 5.97 Å². The summed E-state index contributed by atoms with van der Waals surface area (Å²) in [5.74, 6) is -1.77. The summed E-state index contributed by atoms with van der Waals surface area (Å²) >= 11 is 3.75. The number of hydrogen-bond acceptors (Lipinski definition) is 13. The van der Waals surface area contributed by atoms with Crippen LogP contribution in [0.2, 0.25) is 0 Å². The van der Waals surface area contributed by atoms with E-state index in [1.807, 2.05) is 0 Å². The molecule has 0 spiro atoms. The second-order valence-corrected chi connectivity index (χ2v) is 9.62. The lowest BCUT2D eigenvalue weighted by atomic mass is 10.0. The number of aliphatic carboxylic acids is 1. The number of β-lactam (4-membered cyclic amide) rings is 1. The average molecular weight is 512 g/mol. The van der Waals surface area contributed by atoms with Gasteiger partial charge < -0.3 is 21.0 Å². The molecular formula is C16H17N9O5S3. The molecule has 2 aromatic heterocycles. The molecule has 33 heavy (non-hydrogen) atoms. The van der Waals surface area contributed by atoms with Crippen molar-refractivity contribution in [2.45, 2.75) is 16.6 Å². The van der Waals surface area contributed by atoms with Crippen LogP contribution >= 0.6 is 34.9 Å². The third-order valence-electron chi connectivity index (χ3n) is 4.66. The number of aryl methyl sites for hydroxylation is 1. The number of carbonyl (C=O) groups is 3. The van der Waals surface area contributed by atoms with Gasteiger partial charge in [0.15, 0.2) is 10.8 Å². The van der Waals surface area contributed by atoms with Gasteiger partial charge in [-0.2, -0.15) is 0 Å². The summed E-state index contributed by atoms with van der Waals surface area (Å²) in [7, 11) is 2.95. The molecule has 0 radical (unpaired) electrons. The Morgan fingerprint density at radius 2 is 2.27 bits per heavy atom. The lowest BCUT2D eigenvalue weighted by Gasteiger charge is -2.49. The summed E-state index contributed by atoms with van der Waals surface area (Å²) in [5.41, 5.74) is 6.17. The molecule has 17 heteroatoms. The molecule has 0 aliphatic carbocycles. The predicted molar refractivity (Wildman–Crippen MR) is 119 cm³/mol. The van der Waals surface area contributed by atoms with E-state index in [-0.39, 0.29) is 22.2 Å². The second kappa shape index (κ2) is 9.36. The van der Waals surface area contributed by atoms with E-state index in [4.69, 9.17) is 10.6 Å². The van der Waals surface area contributed by atoms with E-state index >= 15 is 0 Å². The van der Waals surface area contributed by atoms with Gasteiger partial charge in [-0.15, -0.1) is 28.2 Å².